The molecule has 5 aromatic rings. The molecule has 0 saturated heterocycles. The summed E-state index contributed by atoms with van der Waals surface area (Å²) in [6.07, 6.45) is 0.552. The zero-order valence-corrected chi connectivity index (χ0v) is 18.6. The normalized spacial score (nSPS) is 11.2. The Labute approximate surface area is 192 Å². The molecule has 0 radical (unpaired) electrons. The van der Waals surface area contributed by atoms with E-state index in [2.05, 4.69) is 0 Å². The van der Waals surface area contributed by atoms with Crippen LogP contribution in [0.1, 0.15) is 5.56 Å². The standard InChI is InChI=1S/C26H19FN2O3S/c1-32-19-12-6-16(7-13-19)14-15-29-24(17-8-10-18(27)11-9-17)28-25-22(26(29)31)23(30)20-4-2-3-5-21(20)33-25/h2-13H,14-15H2,1H3. The summed E-state index contributed by atoms with van der Waals surface area (Å²) in [6.45, 7) is 0.317. The Morgan fingerprint density at radius 2 is 1.70 bits per heavy atom. The van der Waals surface area contributed by atoms with Crippen LogP contribution in [-0.2, 0) is 13.0 Å². The number of rotatable bonds is 5. The monoisotopic (exact) mass is 458 g/mol. The van der Waals surface area contributed by atoms with Crippen molar-refractivity contribution >= 4 is 31.6 Å². The van der Waals surface area contributed by atoms with Gasteiger partial charge in [-0.15, -0.1) is 11.3 Å². The highest BCUT2D eigenvalue weighted by Crippen LogP contribution is 2.25. The molecule has 0 unspecified atom stereocenters. The van der Waals surface area contributed by atoms with Gasteiger partial charge in [0.2, 0.25) is 5.43 Å². The van der Waals surface area contributed by atoms with E-state index in [-0.39, 0.29) is 22.2 Å². The van der Waals surface area contributed by atoms with Gasteiger partial charge in [0.15, 0.2) is 0 Å². The Kier molecular flexibility index (Phi) is 5.48. The highest BCUT2D eigenvalue weighted by atomic mass is 32.1. The lowest BCUT2D eigenvalue weighted by atomic mass is 10.1. The van der Waals surface area contributed by atoms with Gasteiger partial charge in [-0.2, -0.15) is 0 Å². The zero-order chi connectivity index (χ0) is 22.9. The van der Waals surface area contributed by atoms with Gasteiger partial charge in [0.25, 0.3) is 5.56 Å². The number of hydrogen-bond donors (Lipinski definition) is 0. The molecule has 7 heteroatoms. The fraction of sp³-hybridized carbons (Fsp3) is 0.115. The molecule has 0 saturated carbocycles. The van der Waals surface area contributed by atoms with Gasteiger partial charge in [0.05, 0.1) is 7.11 Å². The smallest absolute Gasteiger partial charge is 0.266 e. The predicted octanol–water partition coefficient (Wildman–Crippen LogP) is 5.03. The fourth-order valence-electron chi connectivity index (χ4n) is 3.85. The second-order valence-electron chi connectivity index (χ2n) is 7.60. The van der Waals surface area contributed by atoms with Gasteiger partial charge in [-0.05, 0) is 60.5 Å². The Balaban J connectivity index is 1.70. The minimum absolute atomic E-state index is 0.0827. The van der Waals surface area contributed by atoms with Gasteiger partial charge in [-0.25, -0.2) is 9.37 Å². The van der Waals surface area contributed by atoms with Crippen molar-refractivity contribution < 1.29 is 9.13 Å². The summed E-state index contributed by atoms with van der Waals surface area (Å²) in [4.78, 5) is 31.9. The second-order valence-corrected chi connectivity index (χ2v) is 8.64. The van der Waals surface area contributed by atoms with E-state index in [1.807, 2.05) is 36.4 Å². The maximum absolute atomic E-state index is 13.6. The molecule has 2 aromatic heterocycles. The average molecular weight is 459 g/mol. The van der Waals surface area contributed by atoms with Crippen LogP contribution in [-0.4, -0.2) is 16.7 Å². The number of halogens is 1. The molecule has 5 nitrogen and oxygen atoms in total. The quantitative estimate of drug-likeness (QED) is 0.347. The summed E-state index contributed by atoms with van der Waals surface area (Å²) < 4.78 is 21.0. The molecule has 0 bridgehead atoms. The molecule has 164 valence electrons. The number of benzene rings is 3. The van der Waals surface area contributed by atoms with Crippen molar-refractivity contribution in [2.45, 2.75) is 13.0 Å². The summed E-state index contributed by atoms with van der Waals surface area (Å²) in [5.74, 6) is 0.786. The number of aromatic nitrogens is 2. The summed E-state index contributed by atoms with van der Waals surface area (Å²) >= 11 is 1.31. The molecular weight excluding hydrogens is 439 g/mol. The highest BCUT2D eigenvalue weighted by Gasteiger charge is 2.17. The largest absolute Gasteiger partial charge is 0.497 e. The molecule has 3 aromatic carbocycles. The highest BCUT2D eigenvalue weighted by molar-refractivity contribution is 7.24. The van der Waals surface area contributed by atoms with E-state index < -0.39 is 0 Å². The molecule has 0 aliphatic carbocycles. The third kappa shape index (κ3) is 3.91. The fourth-order valence-corrected chi connectivity index (χ4v) is 4.88. The summed E-state index contributed by atoms with van der Waals surface area (Å²) in [7, 11) is 1.61. The van der Waals surface area contributed by atoms with Crippen LogP contribution < -0.4 is 15.7 Å². The Bertz CT molecular complexity index is 1590. The van der Waals surface area contributed by atoms with Crippen molar-refractivity contribution in [2.24, 2.45) is 0 Å². The Hall–Kier alpha value is -3.84. The first kappa shape index (κ1) is 21.0. The lowest BCUT2D eigenvalue weighted by molar-refractivity contribution is 0.414. The van der Waals surface area contributed by atoms with E-state index in [1.54, 1.807) is 31.4 Å². The van der Waals surface area contributed by atoms with Crippen LogP contribution in [0.15, 0.2) is 82.4 Å². The van der Waals surface area contributed by atoms with Crippen LogP contribution >= 0.6 is 11.3 Å². The van der Waals surface area contributed by atoms with Crippen molar-refractivity contribution in [3.63, 3.8) is 0 Å². The molecule has 0 fully saturated rings. The zero-order valence-electron chi connectivity index (χ0n) is 17.7. The number of ether oxygens (including phenoxy) is 1. The lowest BCUT2D eigenvalue weighted by Crippen LogP contribution is -2.28. The van der Waals surface area contributed by atoms with Crippen LogP contribution in [0.5, 0.6) is 5.75 Å². The van der Waals surface area contributed by atoms with Crippen molar-refractivity contribution in [1.82, 2.24) is 9.55 Å². The maximum Gasteiger partial charge on any atom is 0.266 e. The van der Waals surface area contributed by atoms with E-state index in [4.69, 9.17) is 9.72 Å². The molecule has 33 heavy (non-hydrogen) atoms. The summed E-state index contributed by atoms with van der Waals surface area (Å²) in [6, 6.07) is 20.7. The second kappa shape index (κ2) is 8.60. The van der Waals surface area contributed by atoms with E-state index in [0.717, 1.165) is 16.0 Å². The van der Waals surface area contributed by atoms with Crippen molar-refractivity contribution in [3.8, 4) is 17.1 Å². The molecule has 0 spiro atoms. The van der Waals surface area contributed by atoms with Gasteiger partial charge in [-0.1, -0.05) is 24.3 Å². The molecule has 0 aliphatic heterocycles. The third-order valence-electron chi connectivity index (χ3n) is 5.59. The first-order valence-electron chi connectivity index (χ1n) is 10.4. The van der Waals surface area contributed by atoms with Gasteiger partial charge in [0, 0.05) is 22.2 Å². The van der Waals surface area contributed by atoms with Gasteiger partial charge in [-0.3, -0.25) is 14.2 Å². The van der Waals surface area contributed by atoms with Gasteiger partial charge < -0.3 is 4.74 Å². The molecule has 0 aliphatic rings. The van der Waals surface area contributed by atoms with E-state index >= 15 is 0 Å². The Morgan fingerprint density at radius 1 is 0.970 bits per heavy atom. The van der Waals surface area contributed by atoms with Crippen LogP contribution in [0.25, 0.3) is 31.7 Å². The molecule has 5 rings (SSSR count). The van der Waals surface area contributed by atoms with Crippen LogP contribution in [0.3, 0.4) is 0 Å². The summed E-state index contributed by atoms with van der Waals surface area (Å²) in [5, 5.41) is 0.587. The molecule has 2 heterocycles. The predicted molar refractivity (Wildman–Crippen MR) is 130 cm³/mol. The lowest BCUT2D eigenvalue weighted by Gasteiger charge is -2.14. The van der Waals surface area contributed by atoms with Crippen LogP contribution in [0, 0.1) is 5.82 Å². The number of fused-ring (bicyclic) bond motifs is 2. The first-order chi connectivity index (χ1) is 16.0. The number of methoxy groups -OCH3 is 1. The van der Waals surface area contributed by atoms with Crippen molar-refractivity contribution in [3.05, 3.63) is 105 Å². The molecular formula is C26H19FN2O3S. The number of nitrogens with zero attached hydrogens (tertiary/aromatic N) is 2. The van der Waals surface area contributed by atoms with Crippen LogP contribution in [0.2, 0.25) is 0 Å². The van der Waals surface area contributed by atoms with Crippen molar-refractivity contribution in [1.29, 1.82) is 0 Å². The topological polar surface area (TPSA) is 61.2 Å². The molecule has 0 amide bonds. The third-order valence-corrected chi connectivity index (χ3v) is 6.65. The van der Waals surface area contributed by atoms with E-state index in [1.165, 1.54) is 28.0 Å². The first-order valence-corrected chi connectivity index (χ1v) is 11.2. The van der Waals surface area contributed by atoms with E-state index in [9.17, 15) is 14.0 Å². The van der Waals surface area contributed by atoms with E-state index in [0.29, 0.717) is 34.6 Å². The molecule has 0 N–H and O–H groups in total. The minimum Gasteiger partial charge on any atom is -0.497 e. The SMILES string of the molecule is COc1ccc(CCn2c(-c3ccc(F)cc3)nc3sc4ccccc4c(=O)c3c2=O)cc1. The summed E-state index contributed by atoms with van der Waals surface area (Å²) in [5.41, 5.74) is 0.912. The van der Waals surface area contributed by atoms with Crippen LogP contribution in [0.4, 0.5) is 4.39 Å². The van der Waals surface area contributed by atoms with Gasteiger partial charge in [0.1, 0.15) is 27.6 Å². The number of hydrogen-bond acceptors (Lipinski definition) is 5. The maximum atomic E-state index is 13.6. The van der Waals surface area contributed by atoms with Gasteiger partial charge >= 0.3 is 0 Å². The average Bonchev–Trinajstić information content (AvgIpc) is 2.84. The van der Waals surface area contributed by atoms with Crippen molar-refractivity contribution in [2.75, 3.05) is 7.11 Å². The number of aryl methyl sites for hydroxylation is 1. The Morgan fingerprint density at radius 3 is 2.42 bits per heavy atom. The molecule has 0 atom stereocenters. The minimum atomic E-state index is -0.389.